The largest absolute Gasteiger partial charge is 0.726 e. The van der Waals surface area contributed by atoms with Crippen LogP contribution in [0.4, 0.5) is 0 Å². The maximum atomic E-state index is 9.22. The average molecular weight is 241 g/mol. The third-order valence-electron chi connectivity index (χ3n) is 1.64. The van der Waals surface area contributed by atoms with Crippen molar-refractivity contribution in [3.63, 3.8) is 0 Å². The van der Waals surface area contributed by atoms with Crippen molar-refractivity contribution in [2.45, 2.75) is 20.3 Å². The fourth-order valence-electron chi connectivity index (χ4n) is 0.746. The molecule has 0 radical (unpaired) electrons. The predicted molar refractivity (Wildman–Crippen MR) is 55.7 cm³/mol. The number of nitrogens with zero attached hydrogens (tertiary/aromatic N) is 1. The summed E-state index contributed by atoms with van der Waals surface area (Å²) in [5.74, 6) is 1.05. The van der Waals surface area contributed by atoms with Gasteiger partial charge in [-0.3, -0.25) is 4.18 Å². The first-order chi connectivity index (χ1) is 6.82. The van der Waals surface area contributed by atoms with Crippen LogP contribution >= 0.6 is 0 Å². The van der Waals surface area contributed by atoms with Crippen LogP contribution in [0, 0.1) is 0 Å². The SMILES string of the molecule is CCC(OC)=[N+](C)CC.COS(=O)(=O)[O-]. The van der Waals surface area contributed by atoms with Crippen molar-refractivity contribution in [2.24, 2.45) is 0 Å². The monoisotopic (exact) mass is 241 g/mol. The van der Waals surface area contributed by atoms with E-state index in [2.05, 4.69) is 22.6 Å². The zero-order valence-electron chi connectivity index (χ0n) is 9.81. The minimum absolute atomic E-state index is 0.808. The summed E-state index contributed by atoms with van der Waals surface area (Å²) in [6.45, 7) is 5.21. The van der Waals surface area contributed by atoms with Crippen LogP contribution in [-0.2, 0) is 19.3 Å². The van der Waals surface area contributed by atoms with Crippen LogP contribution in [0.2, 0.25) is 0 Å². The van der Waals surface area contributed by atoms with Gasteiger partial charge in [-0.2, -0.15) is 0 Å². The molecule has 0 unspecified atom stereocenters. The number of hydrogen-bond donors (Lipinski definition) is 0. The van der Waals surface area contributed by atoms with Gasteiger partial charge in [0.25, 0.3) is 0 Å². The van der Waals surface area contributed by atoms with Gasteiger partial charge in [-0.15, -0.1) is 0 Å². The van der Waals surface area contributed by atoms with E-state index in [0.29, 0.717) is 0 Å². The molecule has 0 N–H and O–H groups in total. The van der Waals surface area contributed by atoms with E-state index < -0.39 is 10.4 Å². The highest BCUT2D eigenvalue weighted by atomic mass is 32.3. The summed E-state index contributed by atoms with van der Waals surface area (Å²) >= 11 is 0. The Morgan fingerprint density at radius 1 is 1.33 bits per heavy atom. The smallest absolute Gasteiger partial charge is 0.335 e. The first-order valence-corrected chi connectivity index (χ1v) is 5.78. The van der Waals surface area contributed by atoms with Crippen molar-refractivity contribution in [3.05, 3.63) is 0 Å². The number of ether oxygens (including phenoxy) is 1. The molecular formula is C8H19NO5S. The van der Waals surface area contributed by atoms with Gasteiger partial charge in [0.05, 0.1) is 20.6 Å². The zero-order chi connectivity index (χ0) is 12.5. The van der Waals surface area contributed by atoms with Crippen LogP contribution < -0.4 is 0 Å². The molecule has 92 valence electrons. The summed E-state index contributed by atoms with van der Waals surface area (Å²) in [6, 6.07) is 0. The van der Waals surface area contributed by atoms with Crippen LogP contribution in [-0.4, -0.2) is 51.3 Å². The molecule has 0 saturated carbocycles. The van der Waals surface area contributed by atoms with Gasteiger partial charge in [-0.05, 0) is 6.92 Å². The normalized spacial score (nSPS) is 12.4. The molecule has 0 heterocycles. The van der Waals surface area contributed by atoms with Crippen LogP contribution in [0.1, 0.15) is 20.3 Å². The predicted octanol–water partition coefficient (Wildman–Crippen LogP) is 0.197. The second kappa shape index (κ2) is 8.63. The van der Waals surface area contributed by atoms with Crippen LogP contribution in [0.25, 0.3) is 0 Å². The first-order valence-electron chi connectivity index (χ1n) is 4.44. The number of hydrogen-bond acceptors (Lipinski definition) is 5. The lowest BCUT2D eigenvalue weighted by molar-refractivity contribution is -0.503. The Morgan fingerprint density at radius 3 is 1.80 bits per heavy atom. The molecule has 0 aromatic carbocycles. The van der Waals surface area contributed by atoms with Crippen molar-refractivity contribution < 1.29 is 26.5 Å². The van der Waals surface area contributed by atoms with Gasteiger partial charge < -0.3 is 9.29 Å². The maximum absolute atomic E-state index is 9.22. The summed E-state index contributed by atoms with van der Waals surface area (Å²) in [4.78, 5) is 0. The van der Waals surface area contributed by atoms with E-state index in [0.717, 1.165) is 26.0 Å². The molecule has 0 aromatic rings. The molecule has 15 heavy (non-hydrogen) atoms. The summed E-state index contributed by atoms with van der Waals surface area (Å²) < 4.78 is 38.2. The highest BCUT2D eigenvalue weighted by Crippen LogP contribution is 1.84. The van der Waals surface area contributed by atoms with Crippen LogP contribution in [0.5, 0.6) is 0 Å². The fourth-order valence-corrected chi connectivity index (χ4v) is 0.746. The molecule has 0 aliphatic heterocycles. The summed E-state index contributed by atoms with van der Waals surface area (Å²) in [6.07, 6.45) is 0.973. The molecule has 0 amide bonds. The number of methoxy groups -OCH3 is 1. The fraction of sp³-hybridized carbons (Fsp3) is 0.875. The van der Waals surface area contributed by atoms with Crippen molar-refractivity contribution in [3.8, 4) is 0 Å². The Hall–Kier alpha value is -0.660. The first kappa shape index (κ1) is 16.8. The standard InChI is InChI=1S/C7H16NO.CH4O4S/c1-5-7(9-4)8(3)6-2;1-5-6(2,3)4/h5-6H2,1-4H3;1H3,(H,2,3,4)/q+1;/p-1. The molecule has 0 saturated heterocycles. The molecule has 7 heteroatoms. The van der Waals surface area contributed by atoms with Crippen LogP contribution in [0.15, 0.2) is 0 Å². The molecule has 0 fully saturated rings. The molecular weight excluding hydrogens is 222 g/mol. The van der Waals surface area contributed by atoms with E-state index >= 15 is 0 Å². The van der Waals surface area contributed by atoms with E-state index in [-0.39, 0.29) is 0 Å². The van der Waals surface area contributed by atoms with Crippen molar-refractivity contribution in [2.75, 3.05) is 27.8 Å². The Balaban J connectivity index is 0. The number of rotatable bonds is 3. The quantitative estimate of drug-likeness (QED) is 0.232. The van der Waals surface area contributed by atoms with E-state index in [1.54, 1.807) is 7.11 Å². The summed E-state index contributed by atoms with van der Waals surface area (Å²) in [5, 5.41) is 0. The average Bonchev–Trinajstić information content (AvgIpc) is 2.19. The third-order valence-corrected chi connectivity index (χ3v) is 2.05. The lowest BCUT2D eigenvalue weighted by Gasteiger charge is -1.99. The second-order valence-corrected chi connectivity index (χ2v) is 3.69. The summed E-state index contributed by atoms with van der Waals surface area (Å²) in [5.41, 5.74) is 0. The molecule has 0 aromatic heterocycles. The minimum Gasteiger partial charge on any atom is -0.726 e. The Labute approximate surface area is 91.5 Å². The van der Waals surface area contributed by atoms with E-state index in [4.69, 9.17) is 4.74 Å². The maximum Gasteiger partial charge on any atom is 0.335 e. The molecule has 0 aliphatic carbocycles. The van der Waals surface area contributed by atoms with E-state index in [9.17, 15) is 13.0 Å². The van der Waals surface area contributed by atoms with Gasteiger partial charge in [-0.1, -0.05) is 6.92 Å². The molecule has 0 bridgehead atoms. The Morgan fingerprint density at radius 2 is 1.73 bits per heavy atom. The van der Waals surface area contributed by atoms with E-state index in [1.807, 2.05) is 7.05 Å². The lowest BCUT2D eigenvalue weighted by atomic mass is 10.5. The highest BCUT2D eigenvalue weighted by Gasteiger charge is 2.03. The van der Waals surface area contributed by atoms with E-state index in [1.165, 1.54) is 0 Å². The van der Waals surface area contributed by atoms with Gasteiger partial charge in [-0.25, -0.2) is 13.0 Å². The Bertz CT molecular complexity index is 277. The van der Waals surface area contributed by atoms with Gasteiger partial charge >= 0.3 is 5.90 Å². The van der Waals surface area contributed by atoms with Crippen LogP contribution in [0.3, 0.4) is 0 Å². The van der Waals surface area contributed by atoms with Crippen molar-refractivity contribution in [1.29, 1.82) is 0 Å². The molecule has 0 aliphatic rings. The topological polar surface area (TPSA) is 78.7 Å². The van der Waals surface area contributed by atoms with Gasteiger partial charge in [0.2, 0.25) is 10.4 Å². The van der Waals surface area contributed by atoms with Gasteiger partial charge in [0.1, 0.15) is 13.6 Å². The van der Waals surface area contributed by atoms with Gasteiger partial charge in [0.15, 0.2) is 0 Å². The minimum atomic E-state index is -4.41. The molecule has 0 atom stereocenters. The lowest BCUT2D eigenvalue weighted by Crippen LogP contribution is -2.17. The highest BCUT2D eigenvalue weighted by molar-refractivity contribution is 7.80. The van der Waals surface area contributed by atoms with Crippen molar-refractivity contribution in [1.82, 2.24) is 0 Å². The zero-order valence-corrected chi connectivity index (χ0v) is 10.6. The molecule has 0 rings (SSSR count). The molecule has 6 nitrogen and oxygen atoms in total. The Kier molecular flexibility index (Phi) is 9.64. The van der Waals surface area contributed by atoms with Crippen molar-refractivity contribution >= 4 is 16.3 Å². The summed E-state index contributed by atoms with van der Waals surface area (Å²) in [7, 11) is 0.139. The third kappa shape index (κ3) is 11.3. The van der Waals surface area contributed by atoms with Gasteiger partial charge in [0, 0.05) is 0 Å². The second-order valence-electron chi connectivity index (χ2n) is 2.54. The molecule has 0 spiro atoms.